The Balaban J connectivity index is 2.15. The molecule has 21 heavy (non-hydrogen) atoms. The molecule has 2 aromatic rings. The average Bonchev–Trinajstić information content (AvgIpc) is 2.67. The van der Waals surface area contributed by atoms with Crippen LogP contribution in [0.4, 0.5) is 0 Å². The summed E-state index contributed by atoms with van der Waals surface area (Å²) in [5, 5.41) is 10.5. The summed E-state index contributed by atoms with van der Waals surface area (Å²) < 4.78 is 0. The van der Waals surface area contributed by atoms with Crippen molar-refractivity contribution < 1.29 is 5.11 Å². The van der Waals surface area contributed by atoms with E-state index in [1.165, 1.54) is 28.1 Å². The van der Waals surface area contributed by atoms with Gasteiger partial charge in [-0.15, -0.1) is 0 Å². The highest BCUT2D eigenvalue weighted by molar-refractivity contribution is 6.32. The van der Waals surface area contributed by atoms with Crippen LogP contribution in [0.2, 0.25) is 5.02 Å². The lowest BCUT2D eigenvalue weighted by Crippen LogP contribution is -2.24. The number of fused-ring (bicyclic) bond motifs is 1. The average molecular weight is 305 g/mol. The number of nitrogens with zero attached hydrogens (tertiary/aromatic N) is 1. The lowest BCUT2D eigenvalue weighted by atomic mass is 9.88. The molecule has 112 valence electrons. The molecule has 2 heterocycles. The Hall–Kier alpha value is -1.45. The van der Waals surface area contributed by atoms with Crippen molar-refractivity contribution in [2.45, 2.75) is 26.2 Å². The fourth-order valence-electron chi connectivity index (χ4n) is 3.35. The van der Waals surface area contributed by atoms with Gasteiger partial charge in [-0.05, 0) is 62.2 Å². The van der Waals surface area contributed by atoms with E-state index in [2.05, 4.69) is 36.8 Å². The molecule has 0 radical (unpaired) electrons. The number of phenols is 1. The van der Waals surface area contributed by atoms with E-state index in [0.29, 0.717) is 5.02 Å². The Bertz CT molecular complexity index is 678. The molecule has 1 aliphatic heterocycles. The minimum Gasteiger partial charge on any atom is -0.506 e. The number of hydrogen-bond acceptors (Lipinski definition) is 2. The largest absolute Gasteiger partial charge is 0.506 e. The van der Waals surface area contributed by atoms with Gasteiger partial charge >= 0.3 is 0 Å². The van der Waals surface area contributed by atoms with E-state index in [9.17, 15) is 5.11 Å². The quantitative estimate of drug-likeness (QED) is 0.845. The maximum absolute atomic E-state index is 10.0. The van der Waals surface area contributed by atoms with Crippen molar-refractivity contribution in [3.8, 4) is 5.75 Å². The molecule has 0 saturated carbocycles. The van der Waals surface area contributed by atoms with E-state index in [-0.39, 0.29) is 11.7 Å². The van der Waals surface area contributed by atoms with Gasteiger partial charge in [-0.3, -0.25) is 0 Å². The first kappa shape index (κ1) is 14.5. The molecule has 3 nitrogen and oxygen atoms in total. The van der Waals surface area contributed by atoms with E-state index in [4.69, 9.17) is 11.6 Å². The van der Waals surface area contributed by atoms with Crippen LogP contribution in [0.3, 0.4) is 0 Å². The van der Waals surface area contributed by atoms with Gasteiger partial charge in [0.05, 0.1) is 5.02 Å². The predicted octanol–water partition coefficient (Wildman–Crippen LogP) is 3.61. The van der Waals surface area contributed by atoms with Gasteiger partial charge in [-0.1, -0.05) is 11.6 Å². The van der Waals surface area contributed by atoms with E-state index in [0.717, 1.165) is 19.5 Å². The first-order valence-corrected chi connectivity index (χ1v) is 7.69. The predicted molar refractivity (Wildman–Crippen MR) is 86.4 cm³/mol. The Morgan fingerprint density at radius 1 is 1.24 bits per heavy atom. The maximum atomic E-state index is 10.0. The van der Waals surface area contributed by atoms with Crippen molar-refractivity contribution in [2.75, 3.05) is 20.1 Å². The van der Waals surface area contributed by atoms with Gasteiger partial charge in [0.15, 0.2) is 0 Å². The first-order valence-electron chi connectivity index (χ1n) is 7.31. The topological polar surface area (TPSA) is 39.3 Å². The zero-order chi connectivity index (χ0) is 15.1. The SMILES string of the molecule is Cc1cc(C2CN(C)CCc3cc(Cl)c(O)cc32)c(C)[nH]1. The highest BCUT2D eigenvalue weighted by Crippen LogP contribution is 2.37. The molecular formula is C17H21ClN2O. The molecule has 1 aromatic carbocycles. The van der Waals surface area contributed by atoms with E-state index in [1.807, 2.05) is 12.1 Å². The van der Waals surface area contributed by atoms with Gasteiger partial charge in [0.25, 0.3) is 0 Å². The third-order valence-electron chi connectivity index (χ3n) is 4.41. The molecule has 3 rings (SSSR count). The number of aromatic amines is 1. The van der Waals surface area contributed by atoms with Crippen LogP contribution >= 0.6 is 11.6 Å². The van der Waals surface area contributed by atoms with Gasteiger partial charge in [0.2, 0.25) is 0 Å². The molecule has 1 aliphatic rings. The summed E-state index contributed by atoms with van der Waals surface area (Å²) in [7, 11) is 2.15. The second kappa shape index (κ2) is 5.39. The van der Waals surface area contributed by atoms with Crippen LogP contribution < -0.4 is 0 Å². The molecule has 1 atom stereocenters. The Kier molecular flexibility index (Phi) is 3.72. The normalized spacial score (nSPS) is 19.3. The number of benzene rings is 1. The summed E-state index contributed by atoms with van der Waals surface area (Å²) in [6, 6.07) is 5.99. The molecule has 0 fully saturated rings. The van der Waals surface area contributed by atoms with Crippen molar-refractivity contribution in [1.82, 2.24) is 9.88 Å². The third-order valence-corrected chi connectivity index (χ3v) is 4.71. The number of nitrogens with one attached hydrogen (secondary N) is 1. The third kappa shape index (κ3) is 2.68. The Labute approximate surface area is 130 Å². The lowest BCUT2D eigenvalue weighted by molar-refractivity contribution is 0.337. The Morgan fingerprint density at radius 3 is 2.67 bits per heavy atom. The first-order chi connectivity index (χ1) is 9.95. The van der Waals surface area contributed by atoms with Crippen LogP contribution in [0.25, 0.3) is 0 Å². The van der Waals surface area contributed by atoms with Gasteiger partial charge in [0.1, 0.15) is 5.75 Å². The summed E-state index contributed by atoms with van der Waals surface area (Å²) in [4.78, 5) is 5.73. The van der Waals surface area contributed by atoms with Crippen LogP contribution in [0.15, 0.2) is 18.2 Å². The molecule has 0 aliphatic carbocycles. The molecule has 0 spiro atoms. The van der Waals surface area contributed by atoms with Gasteiger partial charge in [0, 0.05) is 30.4 Å². The fourth-order valence-corrected chi connectivity index (χ4v) is 3.53. The standard InChI is InChI=1S/C17H21ClN2O/c1-10-6-13(11(2)19-10)15-9-20(3)5-4-12-7-16(18)17(21)8-14(12)15/h6-8,15,19,21H,4-5,9H2,1-3H3. The number of H-pyrrole nitrogens is 1. The number of phenolic OH excluding ortho intramolecular Hbond substituents is 1. The monoisotopic (exact) mass is 304 g/mol. The molecule has 0 saturated heterocycles. The highest BCUT2D eigenvalue weighted by Gasteiger charge is 2.26. The number of halogens is 1. The van der Waals surface area contributed by atoms with Crippen LogP contribution in [-0.4, -0.2) is 35.1 Å². The number of aromatic hydroxyl groups is 1. The number of likely N-dealkylation sites (N-methyl/N-ethyl adjacent to an activating group) is 1. The van der Waals surface area contributed by atoms with Gasteiger partial charge in [-0.2, -0.15) is 0 Å². The van der Waals surface area contributed by atoms with Gasteiger partial charge < -0.3 is 15.0 Å². The van der Waals surface area contributed by atoms with E-state index >= 15 is 0 Å². The van der Waals surface area contributed by atoms with Crippen LogP contribution in [0, 0.1) is 13.8 Å². The van der Waals surface area contributed by atoms with Crippen molar-refractivity contribution >= 4 is 11.6 Å². The van der Waals surface area contributed by atoms with E-state index in [1.54, 1.807) is 0 Å². The second-order valence-electron chi connectivity index (χ2n) is 6.10. The van der Waals surface area contributed by atoms with Crippen LogP contribution in [0.1, 0.15) is 34.0 Å². The van der Waals surface area contributed by atoms with Crippen molar-refractivity contribution in [3.05, 3.63) is 51.3 Å². The summed E-state index contributed by atoms with van der Waals surface area (Å²) in [5.74, 6) is 0.440. The minimum absolute atomic E-state index is 0.176. The fraction of sp³-hybridized carbons (Fsp3) is 0.412. The molecule has 2 N–H and O–H groups in total. The zero-order valence-corrected chi connectivity index (χ0v) is 13.5. The summed E-state index contributed by atoms with van der Waals surface area (Å²) in [6.07, 6.45) is 0.963. The maximum Gasteiger partial charge on any atom is 0.134 e. The lowest BCUT2D eigenvalue weighted by Gasteiger charge is -2.22. The summed E-state index contributed by atoms with van der Waals surface area (Å²) >= 11 is 6.09. The summed E-state index contributed by atoms with van der Waals surface area (Å²) in [6.45, 7) is 6.15. The smallest absolute Gasteiger partial charge is 0.134 e. The van der Waals surface area contributed by atoms with Crippen molar-refractivity contribution in [1.29, 1.82) is 0 Å². The molecule has 4 heteroatoms. The van der Waals surface area contributed by atoms with Crippen LogP contribution in [0.5, 0.6) is 5.75 Å². The van der Waals surface area contributed by atoms with Gasteiger partial charge in [-0.25, -0.2) is 0 Å². The second-order valence-corrected chi connectivity index (χ2v) is 6.51. The molecule has 0 bridgehead atoms. The number of rotatable bonds is 1. The highest BCUT2D eigenvalue weighted by atomic mass is 35.5. The molecule has 1 aromatic heterocycles. The number of aromatic nitrogens is 1. The number of aryl methyl sites for hydroxylation is 2. The summed E-state index contributed by atoms with van der Waals surface area (Å²) in [5.41, 5.74) is 6.13. The Morgan fingerprint density at radius 2 is 2.00 bits per heavy atom. The zero-order valence-electron chi connectivity index (χ0n) is 12.7. The molecule has 0 amide bonds. The van der Waals surface area contributed by atoms with Crippen molar-refractivity contribution in [3.63, 3.8) is 0 Å². The molecule has 1 unspecified atom stereocenters. The molecular weight excluding hydrogens is 284 g/mol. The van der Waals surface area contributed by atoms with Crippen molar-refractivity contribution in [2.24, 2.45) is 0 Å². The van der Waals surface area contributed by atoms with Crippen LogP contribution in [-0.2, 0) is 6.42 Å². The van der Waals surface area contributed by atoms with E-state index < -0.39 is 0 Å². The minimum atomic E-state index is 0.176. The number of hydrogen-bond donors (Lipinski definition) is 2.